The molecule has 0 N–H and O–H groups in total. The van der Waals surface area contributed by atoms with Gasteiger partial charge in [-0.2, -0.15) is 0 Å². The van der Waals surface area contributed by atoms with Gasteiger partial charge in [-0.3, -0.25) is 0 Å². The molecule has 0 radical (unpaired) electrons. The summed E-state index contributed by atoms with van der Waals surface area (Å²) in [7, 11) is 0. The number of para-hydroxylation sites is 2. The van der Waals surface area contributed by atoms with Crippen LogP contribution in [0.2, 0.25) is 0 Å². The quantitative estimate of drug-likeness (QED) is 0.205. The summed E-state index contributed by atoms with van der Waals surface area (Å²) in [4.78, 5) is 2.47. The van der Waals surface area contributed by atoms with Gasteiger partial charge in [0.15, 0.2) is 0 Å². The first-order valence-electron chi connectivity index (χ1n) is 14.6. The van der Waals surface area contributed by atoms with Crippen molar-refractivity contribution in [1.82, 2.24) is 0 Å². The average molecular weight is 533 g/mol. The number of hydrogen-bond donors (Lipinski definition) is 0. The number of nitrogens with zero attached hydrogens (tertiary/aromatic N) is 1. The summed E-state index contributed by atoms with van der Waals surface area (Å²) in [6, 6.07) is 61.7. The SMILES string of the molecule is c1ccc(-c2cccc(-c3ccccc3)c2B2c3ccccc3N(c3ccccc3)c3c2ccc2ccccc32)cc1. The largest absolute Gasteiger partial charge is 0.311 e. The number of fused-ring (bicyclic) bond motifs is 4. The summed E-state index contributed by atoms with van der Waals surface area (Å²) in [5.74, 6) is 0. The lowest BCUT2D eigenvalue weighted by molar-refractivity contribution is 1.31. The van der Waals surface area contributed by atoms with Crippen LogP contribution in [0.1, 0.15) is 0 Å². The van der Waals surface area contributed by atoms with Gasteiger partial charge in [0.1, 0.15) is 0 Å². The lowest BCUT2D eigenvalue weighted by Crippen LogP contribution is -2.58. The molecule has 0 amide bonds. The minimum absolute atomic E-state index is 0.0346. The Morgan fingerprint density at radius 1 is 0.405 bits per heavy atom. The third kappa shape index (κ3) is 3.96. The zero-order valence-corrected chi connectivity index (χ0v) is 23.2. The number of hydrogen-bond acceptors (Lipinski definition) is 1. The lowest BCUT2D eigenvalue weighted by Gasteiger charge is -2.39. The summed E-state index contributed by atoms with van der Waals surface area (Å²) in [5.41, 5.74) is 12.6. The van der Waals surface area contributed by atoms with Crippen molar-refractivity contribution in [2.24, 2.45) is 0 Å². The molecule has 0 spiro atoms. The van der Waals surface area contributed by atoms with E-state index in [0.29, 0.717) is 0 Å². The Hall–Kier alpha value is -5.34. The molecule has 2 heteroatoms. The molecule has 196 valence electrons. The first-order valence-corrected chi connectivity index (χ1v) is 14.6. The minimum Gasteiger partial charge on any atom is -0.311 e. The number of anilines is 3. The third-order valence-corrected chi connectivity index (χ3v) is 8.53. The molecule has 0 saturated carbocycles. The van der Waals surface area contributed by atoms with Gasteiger partial charge in [-0.05, 0) is 56.8 Å². The van der Waals surface area contributed by atoms with Crippen LogP contribution in [0.3, 0.4) is 0 Å². The summed E-state index contributed by atoms with van der Waals surface area (Å²) >= 11 is 0. The van der Waals surface area contributed by atoms with Crippen LogP contribution in [-0.4, -0.2) is 6.71 Å². The molecule has 1 heterocycles. The van der Waals surface area contributed by atoms with Crippen LogP contribution in [0.15, 0.2) is 170 Å². The first kappa shape index (κ1) is 24.5. The van der Waals surface area contributed by atoms with Crippen molar-refractivity contribution in [1.29, 1.82) is 0 Å². The Bertz CT molecular complexity index is 1980. The second-order valence-electron chi connectivity index (χ2n) is 10.9. The first-order chi connectivity index (χ1) is 20.9. The van der Waals surface area contributed by atoms with E-state index >= 15 is 0 Å². The molecular weight excluding hydrogens is 505 g/mol. The van der Waals surface area contributed by atoms with Crippen molar-refractivity contribution in [2.45, 2.75) is 0 Å². The molecule has 7 aromatic carbocycles. The van der Waals surface area contributed by atoms with Gasteiger partial charge in [-0.25, -0.2) is 0 Å². The van der Waals surface area contributed by atoms with E-state index in [9.17, 15) is 0 Å². The molecule has 0 atom stereocenters. The molecule has 0 unspecified atom stereocenters. The van der Waals surface area contributed by atoms with E-state index in [4.69, 9.17) is 0 Å². The molecule has 1 aliphatic heterocycles. The van der Waals surface area contributed by atoms with Crippen molar-refractivity contribution in [3.63, 3.8) is 0 Å². The maximum atomic E-state index is 2.47. The Balaban J connectivity index is 1.51. The maximum absolute atomic E-state index is 2.47. The molecule has 0 aliphatic carbocycles. The van der Waals surface area contributed by atoms with Crippen molar-refractivity contribution in [3.8, 4) is 22.3 Å². The molecular formula is C40H28BN. The van der Waals surface area contributed by atoms with Crippen LogP contribution in [0, 0.1) is 0 Å². The van der Waals surface area contributed by atoms with E-state index in [1.54, 1.807) is 0 Å². The normalized spacial score (nSPS) is 12.2. The number of benzene rings is 7. The van der Waals surface area contributed by atoms with Crippen molar-refractivity contribution in [3.05, 3.63) is 170 Å². The van der Waals surface area contributed by atoms with Gasteiger partial charge in [-0.15, -0.1) is 0 Å². The van der Waals surface area contributed by atoms with Gasteiger partial charge >= 0.3 is 0 Å². The molecule has 0 fully saturated rings. The fourth-order valence-corrected chi connectivity index (χ4v) is 6.75. The van der Waals surface area contributed by atoms with Crippen LogP contribution >= 0.6 is 0 Å². The molecule has 1 aliphatic rings. The van der Waals surface area contributed by atoms with Gasteiger partial charge in [0.2, 0.25) is 6.71 Å². The van der Waals surface area contributed by atoms with Gasteiger partial charge < -0.3 is 4.90 Å². The predicted molar refractivity (Wildman–Crippen MR) is 181 cm³/mol. The van der Waals surface area contributed by atoms with Crippen molar-refractivity contribution in [2.75, 3.05) is 4.90 Å². The average Bonchev–Trinajstić information content (AvgIpc) is 3.08. The predicted octanol–water partition coefficient (Wildman–Crippen LogP) is 8.47. The third-order valence-electron chi connectivity index (χ3n) is 8.53. The standard InChI is InChI=1S/C40H28BN/c1-4-15-29(16-5-1)33-23-14-24-34(30-17-6-2-7-18-30)39(33)41-36-25-12-13-26-38(36)42(32-20-8-3-9-21-32)40-35-22-11-10-19-31(35)27-28-37(40)41/h1-28H. The van der Waals surface area contributed by atoms with E-state index < -0.39 is 0 Å². The Morgan fingerprint density at radius 2 is 0.976 bits per heavy atom. The Morgan fingerprint density at radius 3 is 1.67 bits per heavy atom. The molecule has 1 nitrogen and oxygen atoms in total. The minimum atomic E-state index is 0.0346. The summed E-state index contributed by atoms with van der Waals surface area (Å²) in [5, 5.41) is 2.51. The topological polar surface area (TPSA) is 3.24 Å². The molecule has 0 aromatic heterocycles. The smallest absolute Gasteiger partial charge is 0.248 e. The monoisotopic (exact) mass is 533 g/mol. The highest BCUT2D eigenvalue weighted by atomic mass is 15.2. The van der Waals surface area contributed by atoms with Crippen LogP contribution < -0.4 is 21.3 Å². The van der Waals surface area contributed by atoms with Crippen molar-refractivity contribution >= 4 is 50.9 Å². The highest BCUT2D eigenvalue weighted by Crippen LogP contribution is 2.40. The van der Waals surface area contributed by atoms with Crippen LogP contribution in [0.4, 0.5) is 17.1 Å². The van der Waals surface area contributed by atoms with Gasteiger partial charge in [0.05, 0.1) is 0 Å². The second-order valence-corrected chi connectivity index (χ2v) is 10.9. The molecule has 8 rings (SSSR count). The zero-order valence-electron chi connectivity index (χ0n) is 23.2. The lowest BCUT2D eigenvalue weighted by atomic mass is 9.33. The van der Waals surface area contributed by atoms with E-state index in [-0.39, 0.29) is 6.71 Å². The van der Waals surface area contributed by atoms with Crippen molar-refractivity contribution < 1.29 is 0 Å². The molecule has 0 saturated heterocycles. The molecule has 42 heavy (non-hydrogen) atoms. The maximum Gasteiger partial charge on any atom is 0.248 e. The fourth-order valence-electron chi connectivity index (χ4n) is 6.75. The number of rotatable bonds is 4. The summed E-state index contributed by atoms with van der Waals surface area (Å²) in [6.07, 6.45) is 0. The Kier molecular flexibility index (Phi) is 5.97. The second kappa shape index (κ2) is 10.2. The highest BCUT2D eigenvalue weighted by Gasteiger charge is 2.38. The van der Waals surface area contributed by atoms with E-state index in [2.05, 4.69) is 175 Å². The molecule has 0 bridgehead atoms. The van der Waals surface area contributed by atoms with E-state index in [1.807, 2.05) is 0 Å². The summed E-state index contributed by atoms with van der Waals surface area (Å²) in [6.45, 7) is 0.0346. The van der Waals surface area contributed by atoms with Crippen LogP contribution in [0.5, 0.6) is 0 Å². The zero-order chi connectivity index (χ0) is 27.9. The fraction of sp³-hybridized carbons (Fsp3) is 0. The van der Waals surface area contributed by atoms with E-state index in [1.165, 1.54) is 66.5 Å². The van der Waals surface area contributed by atoms with Gasteiger partial charge in [0.25, 0.3) is 0 Å². The van der Waals surface area contributed by atoms with E-state index in [0.717, 1.165) is 0 Å². The van der Waals surface area contributed by atoms with Crippen LogP contribution in [-0.2, 0) is 0 Å². The Labute approximate surface area is 247 Å². The van der Waals surface area contributed by atoms with Crippen LogP contribution in [0.25, 0.3) is 33.0 Å². The molecule has 7 aromatic rings. The van der Waals surface area contributed by atoms with Gasteiger partial charge in [-0.1, -0.05) is 157 Å². The summed E-state index contributed by atoms with van der Waals surface area (Å²) < 4.78 is 0. The van der Waals surface area contributed by atoms with Gasteiger partial charge in [0, 0.05) is 22.4 Å². The highest BCUT2D eigenvalue weighted by molar-refractivity contribution is 6.99.